The molecular formula is C21H24BrNO3. The van der Waals surface area contributed by atoms with Gasteiger partial charge in [0.1, 0.15) is 6.61 Å². The lowest BCUT2D eigenvalue weighted by Gasteiger charge is -2.22. The molecular weight excluding hydrogens is 394 g/mol. The summed E-state index contributed by atoms with van der Waals surface area (Å²) in [4.78, 5) is 12.4. The first-order chi connectivity index (χ1) is 12.7. The van der Waals surface area contributed by atoms with Crippen LogP contribution in [0.2, 0.25) is 0 Å². The lowest BCUT2D eigenvalue weighted by molar-refractivity contribution is 0.0472. The first kappa shape index (κ1) is 19.1. The molecule has 0 aliphatic carbocycles. The summed E-state index contributed by atoms with van der Waals surface area (Å²) >= 11 is 3.49. The Morgan fingerprint density at radius 2 is 1.88 bits per heavy atom. The van der Waals surface area contributed by atoms with E-state index in [1.165, 1.54) is 0 Å². The van der Waals surface area contributed by atoms with E-state index in [9.17, 15) is 4.79 Å². The second-order valence-corrected chi connectivity index (χ2v) is 7.51. The molecule has 2 aromatic rings. The summed E-state index contributed by atoms with van der Waals surface area (Å²) < 4.78 is 11.7. The summed E-state index contributed by atoms with van der Waals surface area (Å²) in [6, 6.07) is 15.4. The van der Waals surface area contributed by atoms with Crippen molar-refractivity contribution >= 4 is 21.9 Å². The van der Waals surface area contributed by atoms with Crippen LogP contribution in [0, 0.1) is 5.92 Å². The van der Waals surface area contributed by atoms with Crippen LogP contribution in [0.5, 0.6) is 0 Å². The topological polar surface area (TPSA) is 47.6 Å². The summed E-state index contributed by atoms with van der Waals surface area (Å²) in [6.45, 7) is 3.71. The molecule has 0 atom stereocenters. The normalized spacial score (nSPS) is 15.0. The maximum Gasteiger partial charge on any atom is 0.338 e. The molecule has 4 nitrogen and oxygen atoms in total. The van der Waals surface area contributed by atoms with E-state index in [-0.39, 0.29) is 12.6 Å². The van der Waals surface area contributed by atoms with E-state index in [0.717, 1.165) is 54.7 Å². The first-order valence-corrected chi connectivity index (χ1v) is 9.79. The summed E-state index contributed by atoms with van der Waals surface area (Å²) in [7, 11) is 0. The second-order valence-electron chi connectivity index (χ2n) is 6.60. The molecule has 0 radical (unpaired) electrons. The van der Waals surface area contributed by atoms with Crippen molar-refractivity contribution in [3.8, 4) is 0 Å². The van der Waals surface area contributed by atoms with Gasteiger partial charge in [0.25, 0.3) is 0 Å². The van der Waals surface area contributed by atoms with Crippen LogP contribution in [-0.4, -0.2) is 25.7 Å². The fraction of sp³-hybridized carbons (Fsp3) is 0.381. The summed E-state index contributed by atoms with van der Waals surface area (Å²) in [6.07, 6.45) is 2.23. The van der Waals surface area contributed by atoms with E-state index in [0.29, 0.717) is 11.5 Å². The maximum absolute atomic E-state index is 12.4. The van der Waals surface area contributed by atoms with Crippen molar-refractivity contribution in [1.82, 2.24) is 5.32 Å². The van der Waals surface area contributed by atoms with Crippen molar-refractivity contribution in [2.24, 2.45) is 5.92 Å². The fourth-order valence-electron chi connectivity index (χ4n) is 3.05. The molecule has 138 valence electrons. The van der Waals surface area contributed by atoms with Gasteiger partial charge in [0.15, 0.2) is 0 Å². The Balaban J connectivity index is 1.53. The average molecular weight is 418 g/mol. The molecule has 3 rings (SSSR count). The predicted octanol–water partition coefficient (Wildman–Crippen LogP) is 4.32. The Morgan fingerprint density at radius 1 is 1.12 bits per heavy atom. The number of nitrogens with one attached hydrogen (secondary N) is 1. The Morgan fingerprint density at radius 3 is 2.65 bits per heavy atom. The van der Waals surface area contributed by atoms with Gasteiger partial charge in [0.05, 0.1) is 5.56 Å². The first-order valence-electron chi connectivity index (χ1n) is 8.99. The molecule has 26 heavy (non-hydrogen) atoms. The molecule has 2 aromatic carbocycles. The molecule has 0 bridgehead atoms. The number of esters is 1. The third-order valence-corrected chi connectivity index (χ3v) is 4.97. The highest BCUT2D eigenvalue weighted by Crippen LogP contribution is 2.18. The van der Waals surface area contributed by atoms with Gasteiger partial charge in [0.2, 0.25) is 0 Å². The lowest BCUT2D eigenvalue weighted by atomic mass is 10.0. The molecule has 1 heterocycles. The Bertz CT molecular complexity index is 714. The minimum absolute atomic E-state index is 0.281. The van der Waals surface area contributed by atoms with Gasteiger partial charge in [-0.3, -0.25) is 0 Å². The highest BCUT2D eigenvalue weighted by Gasteiger charge is 2.14. The zero-order chi connectivity index (χ0) is 18.2. The molecule has 0 unspecified atom stereocenters. The minimum atomic E-state index is -0.305. The fourth-order valence-corrected chi connectivity index (χ4v) is 3.59. The Kier molecular flexibility index (Phi) is 7.23. The Labute approximate surface area is 163 Å². The molecule has 1 aliphatic rings. The monoisotopic (exact) mass is 417 g/mol. The number of halogens is 1. The SMILES string of the molecule is O=C(OCc1ccccc1)c1cc(Br)cc(CNCC2CCOCC2)c1. The molecule has 1 saturated heterocycles. The number of benzene rings is 2. The minimum Gasteiger partial charge on any atom is -0.457 e. The van der Waals surface area contributed by atoms with Gasteiger partial charge in [0, 0.05) is 24.2 Å². The molecule has 0 amide bonds. The van der Waals surface area contributed by atoms with Gasteiger partial charge in [-0.25, -0.2) is 4.79 Å². The van der Waals surface area contributed by atoms with Crippen molar-refractivity contribution in [1.29, 1.82) is 0 Å². The van der Waals surface area contributed by atoms with Gasteiger partial charge in [-0.05, 0) is 54.6 Å². The predicted molar refractivity (Wildman–Crippen MR) is 105 cm³/mol. The van der Waals surface area contributed by atoms with Crippen LogP contribution in [0.4, 0.5) is 0 Å². The number of carbonyl (C=O) groups is 1. The van der Waals surface area contributed by atoms with Crippen LogP contribution < -0.4 is 5.32 Å². The molecule has 1 aliphatic heterocycles. The summed E-state index contributed by atoms with van der Waals surface area (Å²) in [5.74, 6) is 0.368. The number of hydrogen-bond donors (Lipinski definition) is 1. The van der Waals surface area contributed by atoms with Crippen LogP contribution in [-0.2, 0) is 22.6 Å². The second kappa shape index (κ2) is 9.86. The number of rotatable bonds is 7. The standard InChI is InChI=1S/C21H24BrNO3/c22-20-11-18(14-23-13-16-6-8-25-9-7-16)10-19(12-20)21(24)26-15-17-4-2-1-3-5-17/h1-5,10-12,16,23H,6-9,13-15H2. The van der Waals surface area contributed by atoms with Crippen molar-refractivity contribution in [2.45, 2.75) is 26.0 Å². The van der Waals surface area contributed by atoms with Crippen LogP contribution in [0.15, 0.2) is 53.0 Å². The number of carbonyl (C=O) groups excluding carboxylic acids is 1. The number of hydrogen-bond acceptors (Lipinski definition) is 4. The van der Waals surface area contributed by atoms with E-state index in [2.05, 4.69) is 21.2 Å². The van der Waals surface area contributed by atoms with Crippen LogP contribution in [0.3, 0.4) is 0 Å². The molecule has 1 fully saturated rings. The van der Waals surface area contributed by atoms with Gasteiger partial charge >= 0.3 is 5.97 Å². The molecule has 0 aromatic heterocycles. The highest BCUT2D eigenvalue weighted by molar-refractivity contribution is 9.10. The summed E-state index contributed by atoms with van der Waals surface area (Å²) in [5, 5.41) is 3.49. The molecule has 0 spiro atoms. The van der Waals surface area contributed by atoms with E-state index in [1.807, 2.05) is 42.5 Å². The quantitative estimate of drug-likeness (QED) is 0.681. The third kappa shape index (κ3) is 5.94. The van der Waals surface area contributed by atoms with Gasteiger partial charge in [-0.2, -0.15) is 0 Å². The summed E-state index contributed by atoms with van der Waals surface area (Å²) in [5.41, 5.74) is 2.62. The molecule has 0 saturated carbocycles. The van der Waals surface area contributed by atoms with Crippen molar-refractivity contribution in [3.63, 3.8) is 0 Å². The van der Waals surface area contributed by atoms with Crippen LogP contribution >= 0.6 is 15.9 Å². The maximum atomic E-state index is 12.4. The van der Waals surface area contributed by atoms with Crippen molar-refractivity contribution in [3.05, 3.63) is 69.7 Å². The van der Waals surface area contributed by atoms with Gasteiger partial charge < -0.3 is 14.8 Å². The van der Waals surface area contributed by atoms with E-state index in [4.69, 9.17) is 9.47 Å². The lowest BCUT2D eigenvalue weighted by Crippen LogP contribution is -2.27. The zero-order valence-electron chi connectivity index (χ0n) is 14.7. The zero-order valence-corrected chi connectivity index (χ0v) is 16.3. The number of ether oxygens (including phenoxy) is 2. The van der Waals surface area contributed by atoms with E-state index in [1.54, 1.807) is 6.07 Å². The van der Waals surface area contributed by atoms with Crippen LogP contribution in [0.1, 0.15) is 34.3 Å². The molecule has 5 heteroatoms. The van der Waals surface area contributed by atoms with Crippen molar-refractivity contribution in [2.75, 3.05) is 19.8 Å². The van der Waals surface area contributed by atoms with Gasteiger partial charge in [-0.1, -0.05) is 46.3 Å². The Hall–Kier alpha value is -1.69. The van der Waals surface area contributed by atoms with Crippen LogP contribution in [0.25, 0.3) is 0 Å². The average Bonchev–Trinajstić information content (AvgIpc) is 2.67. The highest BCUT2D eigenvalue weighted by atomic mass is 79.9. The van der Waals surface area contributed by atoms with Gasteiger partial charge in [-0.15, -0.1) is 0 Å². The van der Waals surface area contributed by atoms with E-state index < -0.39 is 0 Å². The largest absolute Gasteiger partial charge is 0.457 e. The van der Waals surface area contributed by atoms with Crippen molar-refractivity contribution < 1.29 is 14.3 Å². The van der Waals surface area contributed by atoms with E-state index >= 15 is 0 Å². The smallest absolute Gasteiger partial charge is 0.338 e. The molecule has 1 N–H and O–H groups in total. The third-order valence-electron chi connectivity index (χ3n) is 4.51.